The van der Waals surface area contributed by atoms with Crippen molar-refractivity contribution in [3.05, 3.63) is 53.7 Å². The number of methoxy groups -OCH3 is 1. The number of hydrogen-bond donors (Lipinski definition) is 1. The number of nitrogens with zero attached hydrogens (tertiary/aromatic N) is 2. The summed E-state index contributed by atoms with van der Waals surface area (Å²) in [6.45, 7) is 1.16. The molecule has 0 aliphatic heterocycles. The Balaban J connectivity index is 1.99. The van der Waals surface area contributed by atoms with Gasteiger partial charge in [-0.25, -0.2) is 9.97 Å². The fourth-order valence-electron chi connectivity index (χ4n) is 1.62. The monoisotopic (exact) mass is 247 g/mol. The topological polar surface area (TPSA) is 47.0 Å². The van der Waals surface area contributed by atoms with Gasteiger partial charge in [0.1, 0.15) is 12.1 Å². The molecule has 0 radical (unpaired) electrons. The van der Waals surface area contributed by atoms with Crippen molar-refractivity contribution in [3.63, 3.8) is 0 Å². The molecule has 94 valence electrons. The smallest absolute Gasteiger partial charge is 0.217 e. The minimum absolute atomic E-state index is 0.472. The van der Waals surface area contributed by atoms with Crippen molar-refractivity contribution < 1.29 is 9.13 Å². The van der Waals surface area contributed by atoms with E-state index in [4.69, 9.17) is 4.74 Å². The van der Waals surface area contributed by atoms with E-state index >= 15 is 0 Å². The Kier molecular flexibility index (Phi) is 4.20. The summed E-state index contributed by atoms with van der Waals surface area (Å²) in [5.41, 5.74) is 2.19. The molecule has 0 aliphatic carbocycles. The fraction of sp³-hybridized carbons (Fsp3) is 0.231. The SMILES string of the molecule is COCc1cccc(CNc2cc(F)ncn2)c1. The Morgan fingerprint density at radius 2 is 2.06 bits per heavy atom. The number of anilines is 1. The highest BCUT2D eigenvalue weighted by Crippen LogP contribution is 2.09. The van der Waals surface area contributed by atoms with Gasteiger partial charge in [0.2, 0.25) is 5.95 Å². The van der Waals surface area contributed by atoms with Crippen molar-refractivity contribution in [3.8, 4) is 0 Å². The van der Waals surface area contributed by atoms with Crippen LogP contribution >= 0.6 is 0 Å². The van der Waals surface area contributed by atoms with E-state index in [0.29, 0.717) is 19.0 Å². The molecule has 5 heteroatoms. The summed E-state index contributed by atoms with van der Waals surface area (Å²) in [5, 5.41) is 3.04. The summed E-state index contributed by atoms with van der Waals surface area (Å²) in [6.07, 6.45) is 1.19. The molecule has 1 aromatic carbocycles. The van der Waals surface area contributed by atoms with Crippen LogP contribution in [0.4, 0.5) is 10.2 Å². The van der Waals surface area contributed by atoms with Gasteiger partial charge < -0.3 is 10.1 Å². The summed E-state index contributed by atoms with van der Waals surface area (Å²) in [4.78, 5) is 7.33. The van der Waals surface area contributed by atoms with Crippen molar-refractivity contribution in [2.24, 2.45) is 0 Å². The molecule has 1 N–H and O–H groups in total. The van der Waals surface area contributed by atoms with Crippen LogP contribution in [0.5, 0.6) is 0 Å². The highest BCUT2D eigenvalue weighted by atomic mass is 19.1. The molecule has 1 heterocycles. The third kappa shape index (κ3) is 3.49. The van der Waals surface area contributed by atoms with Crippen molar-refractivity contribution >= 4 is 5.82 Å². The van der Waals surface area contributed by atoms with Gasteiger partial charge in [-0.15, -0.1) is 0 Å². The Bertz CT molecular complexity index is 519. The van der Waals surface area contributed by atoms with Crippen LogP contribution in [-0.2, 0) is 17.9 Å². The molecule has 2 aromatic rings. The minimum atomic E-state index is -0.541. The van der Waals surface area contributed by atoms with E-state index in [9.17, 15) is 4.39 Å². The van der Waals surface area contributed by atoms with Crippen LogP contribution in [-0.4, -0.2) is 17.1 Å². The Morgan fingerprint density at radius 1 is 1.22 bits per heavy atom. The van der Waals surface area contributed by atoms with E-state index in [-0.39, 0.29) is 0 Å². The van der Waals surface area contributed by atoms with Gasteiger partial charge in [-0.05, 0) is 11.1 Å². The standard InChI is InChI=1S/C13H14FN3O/c1-18-8-11-4-2-3-10(5-11)7-15-13-6-12(14)16-9-17-13/h2-6,9H,7-8H2,1H3,(H,15,16,17). The molecule has 4 nitrogen and oxygen atoms in total. The zero-order valence-corrected chi connectivity index (χ0v) is 10.1. The molecule has 0 atom stereocenters. The van der Waals surface area contributed by atoms with Crippen LogP contribution in [0.1, 0.15) is 11.1 Å². The lowest BCUT2D eigenvalue weighted by Crippen LogP contribution is -2.03. The van der Waals surface area contributed by atoms with E-state index in [1.165, 1.54) is 12.4 Å². The van der Waals surface area contributed by atoms with E-state index in [0.717, 1.165) is 11.1 Å². The molecule has 0 saturated carbocycles. The average Bonchev–Trinajstić information content (AvgIpc) is 2.37. The van der Waals surface area contributed by atoms with Crippen molar-refractivity contribution in [1.82, 2.24) is 9.97 Å². The first-order chi connectivity index (χ1) is 8.78. The van der Waals surface area contributed by atoms with E-state index in [1.807, 2.05) is 24.3 Å². The summed E-state index contributed by atoms with van der Waals surface area (Å²) in [7, 11) is 1.66. The number of rotatable bonds is 5. The normalized spacial score (nSPS) is 10.3. The van der Waals surface area contributed by atoms with Crippen molar-refractivity contribution in [2.45, 2.75) is 13.2 Å². The molecule has 0 spiro atoms. The second-order valence-electron chi connectivity index (χ2n) is 3.83. The molecule has 18 heavy (non-hydrogen) atoms. The third-order valence-corrected chi connectivity index (χ3v) is 2.41. The lowest BCUT2D eigenvalue weighted by atomic mass is 10.1. The predicted octanol–water partition coefficient (Wildman–Crippen LogP) is 2.37. The summed E-state index contributed by atoms with van der Waals surface area (Å²) in [5.74, 6) is -0.0692. The molecular weight excluding hydrogens is 233 g/mol. The highest BCUT2D eigenvalue weighted by molar-refractivity contribution is 5.34. The van der Waals surface area contributed by atoms with Crippen LogP contribution in [0.3, 0.4) is 0 Å². The first-order valence-corrected chi connectivity index (χ1v) is 5.56. The Morgan fingerprint density at radius 3 is 2.83 bits per heavy atom. The maximum absolute atomic E-state index is 12.8. The molecule has 1 aromatic heterocycles. The van der Waals surface area contributed by atoms with Gasteiger partial charge >= 0.3 is 0 Å². The van der Waals surface area contributed by atoms with Gasteiger partial charge in [0.25, 0.3) is 0 Å². The number of nitrogens with one attached hydrogen (secondary N) is 1. The van der Waals surface area contributed by atoms with Crippen LogP contribution in [0, 0.1) is 5.95 Å². The lowest BCUT2D eigenvalue weighted by Gasteiger charge is -2.07. The average molecular weight is 247 g/mol. The first kappa shape index (κ1) is 12.4. The van der Waals surface area contributed by atoms with Gasteiger partial charge in [-0.1, -0.05) is 24.3 Å². The Labute approximate surface area is 105 Å². The molecule has 0 bridgehead atoms. The third-order valence-electron chi connectivity index (χ3n) is 2.41. The number of benzene rings is 1. The van der Waals surface area contributed by atoms with E-state index < -0.39 is 5.95 Å². The molecule has 0 aliphatic rings. The first-order valence-electron chi connectivity index (χ1n) is 5.56. The number of hydrogen-bond acceptors (Lipinski definition) is 4. The van der Waals surface area contributed by atoms with Crippen LogP contribution in [0.15, 0.2) is 36.7 Å². The van der Waals surface area contributed by atoms with E-state index in [1.54, 1.807) is 7.11 Å². The van der Waals surface area contributed by atoms with Crippen molar-refractivity contribution in [1.29, 1.82) is 0 Å². The summed E-state index contributed by atoms with van der Waals surface area (Å²) < 4.78 is 17.9. The maximum Gasteiger partial charge on any atom is 0.217 e. The summed E-state index contributed by atoms with van der Waals surface area (Å²) >= 11 is 0. The second-order valence-corrected chi connectivity index (χ2v) is 3.83. The predicted molar refractivity (Wildman–Crippen MR) is 66.5 cm³/mol. The number of aromatic nitrogens is 2. The number of ether oxygens (including phenoxy) is 1. The minimum Gasteiger partial charge on any atom is -0.380 e. The highest BCUT2D eigenvalue weighted by Gasteiger charge is 1.99. The van der Waals surface area contributed by atoms with Gasteiger partial charge in [0.15, 0.2) is 0 Å². The maximum atomic E-state index is 12.8. The quantitative estimate of drug-likeness (QED) is 0.824. The number of halogens is 1. The molecule has 0 saturated heterocycles. The zero-order valence-electron chi connectivity index (χ0n) is 10.1. The molecule has 2 rings (SSSR count). The molecule has 0 amide bonds. The van der Waals surface area contributed by atoms with Crippen molar-refractivity contribution in [2.75, 3.05) is 12.4 Å². The second kappa shape index (κ2) is 6.07. The largest absolute Gasteiger partial charge is 0.380 e. The van der Waals surface area contributed by atoms with Crippen LogP contribution in [0.2, 0.25) is 0 Å². The van der Waals surface area contributed by atoms with Gasteiger partial charge in [0, 0.05) is 19.7 Å². The lowest BCUT2D eigenvalue weighted by molar-refractivity contribution is 0.185. The van der Waals surface area contributed by atoms with Gasteiger partial charge in [-0.3, -0.25) is 0 Å². The fourth-order valence-corrected chi connectivity index (χ4v) is 1.62. The summed E-state index contributed by atoms with van der Waals surface area (Å²) in [6, 6.07) is 9.25. The van der Waals surface area contributed by atoms with Crippen LogP contribution in [0.25, 0.3) is 0 Å². The molecule has 0 unspecified atom stereocenters. The van der Waals surface area contributed by atoms with Crippen LogP contribution < -0.4 is 5.32 Å². The Hall–Kier alpha value is -2.01. The van der Waals surface area contributed by atoms with Gasteiger partial charge in [0.05, 0.1) is 6.61 Å². The molecule has 0 fully saturated rings. The zero-order chi connectivity index (χ0) is 12.8. The van der Waals surface area contributed by atoms with E-state index in [2.05, 4.69) is 15.3 Å². The van der Waals surface area contributed by atoms with Gasteiger partial charge in [-0.2, -0.15) is 4.39 Å². The molecular formula is C13H14FN3O.